The van der Waals surface area contributed by atoms with Crippen LogP contribution in [0.2, 0.25) is 0 Å². The van der Waals surface area contributed by atoms with Gasteiger partial charge in [-0.2, -0.15) is 0 Å². The molecule has 0 aromatic heterocycles. The Labute approximate surface area is 180 Å². The van der Waals surface area contributed by atoms with Crippen molar-refractivity contribution in [1.29, 1.82) is 0 Å². The summed E-state index contributed by atoms with van der Waals surface area (Å²) in [6.07, 6.45) is 4.97. The SMILES string of the molecule is C=CCOc1ccc(C(=O)/C=C/c2c(OC(C)(C)C)cccc2OC(C)(C)C)cc1. The van der Waals surface area contributed by atoms with Crippen LogP contribution in [-0.4, -0.2) is 23.6 Å². The van der Waals surface area contributed by atoms with E-state index in [9.17, 15) is 4.79 Å². The molecule has 30 heavy (non-hydrogen) atoms. The third-order valence-electron chi connectivity index (χ3n) is 3.77. The molecule has 0 unspecified atom stereocenters. The molecule has 2 aromatic rings. The third kappa shape index (κ3) is 7.43. The van der Waals surface area contributed by atoms with Crippen molar-refractivity contribution in [3.63, 3.8) is 0 Å². The molecule has 0 fully saturated rings. The second kappa shape index (κ2) is 9.66. The molecule has 0 aliphatic carbocycles. The summed E-state index contributed by atoms with van der Waals surface area (Å²) in [5.74, 6) is 1.92. The summed E-state index contributed by atoms with van der Waals surface area (Å²) in [4.78, 5) is 12.7. The van der Waals surface area contributed by atoms with E-state index in [1.54, 1.807) is 42.5 Å². The van der Waals surface area contributed by atoms with E-state index in [1.807, 2.05) is 59.7 Å². The Morgan fingerprint density at radius 2 is 1.43 bits per heavy atom. The summed E-state index contributed by atoms with van der Waals surface area (Å²) >= 11 is 0. The first-order chi connectivity index (χ1) is 14.0. The zero-order valence-corrected chi connectivity index (χ0v) is 18.8. The van der Waals surface area contributed by atoms with E-state index in [0.29, 0.717) is 29.4 Å². The van der Waals surface area contributed by atoms with Gasteiger partial charge < -0.3 is 14.2 Å². The first kappa shape index (κ1) is 23.3. The second-order valence-electron chi connectivity index (χ2n) is 8.92. The molecule has 0 amide bonds. The maximum atomic E-state index is 12.7. The Morgan fingerprint density at radius 3 is 1.90 bits per heavy atom. The van der Waals surface area contributed by atoms with Crippen LogP contribution in [0.25, 0.3) is 6.08 Å². The molecular weight excluding hydrogens is 376 g/mol. The standard InChI is InChI=1S/C26H32O4/c1-8-18-28-20-14-12-19(13-15-20)22(27)17-16-21-23(29-25(2,3)4)10-9-11-24(21)30-26(5,6)7/h8-17H,1,18H2,2-7H3/b17-16+. The molecule has 4 nitrogen and oxygen atoms in total. The lowest BCUT2D eigenvalue weighted by atomic mass is 10.1. The van der Waals surface area contributed by atoms with Crippen LogP contribution in [0, 0.1) is 0 Å². The van der Waals surface area contributed by atoms with Crippen LogP contribution in [0.5, 0.6) is 17.2 Å². The summed E-state index contributed by atoms with van der Waals surface area (Å²) in [5, 5.41) is 0. The van der Waals surface area contributed by atoms with Crippen LogP contribution in [0.4, 0.5) is 0 Å². The Balaban J connectivity index is 2.32. The lowest BCUT2D eigenvalue weighted by molar-refractivity contribution is 0.104. The van der Waals surface area contributed by atoms with E-state index >= 15 is 0 Å². The van der Waals surface area contributed by atoms with Gasteiger partial charge in [-0.15, -0.1) is 0 Å². The number of hydrogen-bond donors (Lipinski definition) is 0. The minimum absolute atomic E-state index is 0.113. The van der Waals surface area contributed by atoms with Crippen LogP contribution in [0.3, 0.4) is 0 Å². The molecule has 0 saturated carbocycles. The van der Waals surface area contributed by atoms with Crippen molar-refractivity contribution in [1.82, 2.24) is 0 Å². The van der Waals surface area contributed by atoms with Gasteiger partial charge in [0, 0.05) is 5.56 Å². The van der Waals surface area contributed by atoms with E-state index < -0.39 is 0 Å². The quantitative estimate of drug-likeness (QED) is 0.284. The first-order valence-electron chi connectivity index (χ1n) is 10.1. The Morgan fingerprint density at radius 1 is 0.900 bits per heavy atom. The highest BCUT2D eigenvalue weighted by molar-refractivity contribution is 6.07. The van der Waals surface area contributed by atoms with Gasteiger partial charge in [0.25, 0.3) is 0 Å². The van der Waals surface area contributed by atoms with Crippen LogP contribution in [-0.2, 0) is 0 Å². The second-order valence-corrected chi connectivity index (χ2v) is 8.92. The number of carbonyl (C=O) groups excluding carboxylic acids is 1. The number of hydrogen-bond acceptors (Lipinski definition) is 4. The monoisotopic (exact) mass is 408 g/mol. The van der Waals surface area contributed by atoms with Crippen molar-refractivity contribution >= 4 is 11.9 Å². The predicted octanol–water partition coefficient (Wildman–Crippen LogP) is 6.50. The lowest BCUT2D eigenvalue weighted by Crippen LogP contribution is -2.25. The smallest absolute Gasteiger partial charge is 0.185 e. The van der Waals surface area contributed by atoms with Crippen LogP contribution in [0.1, 0.15) is 57.5 Å². The van der Waals surface area contributed by atoms with Gasteiger partial charge in [0.2, 0.25) is 0 Å². The van der Waals surface area contributed by atoms with E-state index in [-0.39, 0.29) is 17.0 Å². The van der Waals surface area contributed by atoms with Gasteiger partial charge in [-0.05, 0) is 90.1 Å². The molecule has 160 valence electrons. The Kier molecular flexibility index (Phi) is 7.49. The van der Waals surface area contributed by atoms with Crippen molar-refractivity contribution in [2.24, 2.45) is 0 Å². The number of rotatable bonds is 8. The molecule has 0 atom stereocenters. The average molecular weight is 409 g/mol. The zero-order chi connectivity index (χ0) is 22.4. The number of ether oxygens (including phenoxy) is 3. The average Bonchev–Trinajstić information content (AvgIpc) is 2.63. The van der Waals surface area contributed by atoms with Crippen LogP contribution < -0.4 is 14.2 Å². The topological polar surface area (TPSA) is 44.8 Å². The summed E-state index contributed by atoms with van der Waals surface area (Å²) in [6.45, 7) is 16.0. The van der Waals surface area contributed by atoms with Crippen molar-refractivity contribution in [2.75, 3.05) is 6.61 Å². The highest BCUT2D eigenvalue weighted by atomic mass is 16.5. The van der Waals surface area contributed by atoms with E-state index in [1.165, 1.54) is 0 Å². The van der Waals surface area contributed by atoms with E-state index in [0.717, 1.165) is 5.56 Å². The molecular formula is C26H32O4. The summed E-state index contributed by atoms with van der Waals surface area (Å²) in [5.41, 5.74) is 0.550. The third-order valence-corrected chi connectivity index (χ3v) is 3.77. The summed E-state index contributed by atoms with van der Waals surface area (Å²) in [6, 6.07) is 12.7. The Hall–Kier alpha value is -3.01. The molecule has 0 spiro atoms. The van der Waals surface area contributed by atoms with Crippen molar-refractivity contribution in [3.05, 3.63) is 72.3 Å². The molecule has 2 rings (SSSR count). The molecule has 0 bridgehead atoms. The van der Waals surface area contributed by atoms with Crippen molar-refractivity contribution in [2.45, 2.75) is 52.7 Å². The maximum absolute atomic E-state index is 12.7. The van der Waals surface area contributed by atoms with Crippen molar-refractivity contribution in [3.8, 4) is 17.2 Å². The van der Waals surface area contributed by atoms with E-state index in [2.05, 4.69) is 6.58 Å². The Bertz CT molecular complexity index is 860. The number of benzene rings is 2. The van der Waals surface area contributed by atoms with Gasteiger partial charge in [-0.3, -0.25) is 4.79 Å². The van der Waals surface area contributed by atoms with Gasteiger partial charge >= 0.3 is 0 Å². The van der Waals surface area contributed by atoms with Gasteiger partial charge in [0.15, 0.2) is 5.78 Å². The van der Waals surface area contributed by atoms with Gasteiger partial charge in [-0.1, -0.05) is 18.7 Å². The number of ketones is 1. The highest BCUT2D eigenvalue weighted by Crippen LogP contribution is 2.34. The lowest BCUT2D eigenvalue weighted by Gasteiger charge is -2.26. The fourth-order valence-electron chi connectivity index (χ4n) is 2.65. The minimum atomic E-state index is -0.381. The number of carbonyl (C=O) groups is 1. The molecule has 0 aliphatic heterocycles. The fourth-order valence-corrected chi connectivity index (χ4v) is 2.65. The molecule has 0 N–H and O–H groups in total. The summed E-state index contributed by atoms with van der Waals surface area (Å²) < 4.78 is 17.7. The van der Waals surface area contributed by atoms with Gasteiger partial charge in [0.1, 0.15) is 35.1 Å². The van der Waals surface area contributed by atoms with Crippen LogP contribution >= 0.6 is 0 Å². The first-order valence-corrected chi connectivity index (χ1v) is 10.1. The van der Waals surface area contributed by atoms with Crippen molar-refractivity contribution < 1.29 is 19.0 Å². The molecule has 0 heterocycles. The largest absolute Gasteiger partial charge is 0.490 e. The number of allylic oxidation sites excluding steroid dienone is 1. The van der Waals surface area contributed by atoms with Gasteiger partial charge in [0.05, 0.1) is 5.56 Å². The molecule has 0 radical (unpaired) electrons. The molecule has 0 saturated heterocycles. The fraction of sp³-hybridized carbons (Fsp3) is 0.346. The molecule has 2 aromatic carbocycles. The van der Waals surface area contributed by atoms with Gasteiger partial charge in [-0.25, -0.2) is 0 Å². The maximum Gasteiger partial charge on any atom is 0.185 e. The highest BCUT2D eigenvalue weighted by Gasteiger charge is 2.19. The molecule has 0 aliphatic rings. The predicted molar refractivity (Wildman–Crippen MR) is 123 cm³/mol. The summed E-state index contributed by atoms with van der Waals surface area (Å²) in [7, 11) is 0. The molecule has 4 heteroatoms. The van der Waals surface area contributed by atoms with E-state index in [4.69, 9.17) is 14.2 Å². The van der Waals surface area contributed by atoms with Crippen LogP contribution in [0.15, 0.2) is 61.2 Å². The minimum Gasteiger partial charge on any atom is -0.490 e. The normalized spacial score (nSPS) is 11.9. The zero-order valence-electron chi connectivity index (χ0n) is 18.8.